The van der Waals surface area contributed by atoms with Crippen LogP contribution in [-0.4, -0.2) is 22.4 Å². The van der Waals surface area contributed by atoms with Gasteiger partial charge in [0.15, 0.2) is 0 Å². The summed E-state index contributed by atoms with van der Waals surface area (Å²) in [6, 6.07) is 0.230. The fourth-order valence-electron chi connectivity index (χ4n) is 2.88. The zero-order chi connectivity index (χ0) is 14.8. The fourth-order valence-corrected chi connectivity index (χ4v) is 2.88. The maximum Gasteiger partial charge on any atom is 0.419 e. The summed E-state index contributed by atoms with van der Waals surface area (Å²) in [4.78, 5) is 0. The molecule has 0 bridgehead atoms. The van der Waals surface area contributed by atoms with Crippen molar-refractivity contribution in [2.45, 2.75) is 57.8 Å². The lowest BCUT2D eigenvalue weighted by Crippen LogP contribution is -2.42. The van der Waals surface area contributed by atoms with Crippen molar-refractivity contribution in [1.82, 2.24) is 15.1 Å². The van der Waals surface area contributed by atoms with Crippen LogP contribution in [0, 0.1) is 5.92 Å². The number of nitrogens with zero attached hydrogens (tertiary/aromatic N) is 2. The quantitative estimate of drug-likeness (QED) is 0.917. The summed E-state index contributed by atoms with van der Waals surface area (Å²) in [5.41, 5.74) is -0.662. The van der Waals surface area contributed by atoms with E-state index in [1.54, 1.807) is 0 Å². The minimum atomic E-state index is -4.31. The minimum absolute atomic E-state index is 0.0152. The molecule has 3 nitrogen and oxygen atoms in total. The maximum absolute atomic E-state index is 12.7. The van der Waals surface area contributed by atoms with E-state index in [4.69, 9.17) is 0 Å². The van der Waals surface area contributed by atoms with E-state index in [2.05, 4.69) is 24.3 Å². The molecule has 0 aromatic carbocycles. The molecule has 3 unspecified atom stereocenters. The molecule has 0 aliphatic heterocycles. The fraction of sp³-hybridized carbons (Fsp3) is 0.786. The number of nitrogens with one attached hydrogen (secondary N) is 1. The highest BCUT2D eigenvalue weighted by atomic mass is 19.4. The molecule has 0 amide bonds. The molecule has 1 saturated carbocycles. The SMILES string of the molecule is CCCNC1CCC(C)CC1n1cc(C(F)(F)F)cn1. The number of rotatable bonds is 4. The van der Waals surface area contributed by atoms with Crippen LogP contribution >= 0.6 is 0 Å². The summed E-state index contributed by atoms with van der Waals surface area (Å²) in [6.45, 7) is 5.13. The van der Waals surface area contributed by atoms with Crippen LogP contribution in [0.3, 0.4) is 0 Å². The van der Waals surface area contributed by atoms with E-state index >= 15 is 0 Å². The average Bonchev–Trinajstić information content (AvgIpc) is 2.86. The molecule has 1 heterocycles. The second-order valence-electron chi connectivity index (χ2n) is 5.75. The van der Waals surface area contributed by atoms with Crippen LogP contribution in [-0.2, 0) is 6.18 Å². The number of hydrogen-bond donors (Lipinski definition) is 1. The first-order valence-electron chi connectivity index (χ1n) is 7.26. The highest BCUT2D eigenvalue weighted by molar-refractivity contribution is 5.09. The Hall–Kier alpha value is -1.04. The molecule has 1 aliphatic rings. The first kappa shape index (κ1) is 15.4. The third-order valence-corrected chi connectivity index (χ3v) is 4.00. The molecule has 1 aromatic heterocycles. The van der Waals surface area contributed by atoms with Gasteiger partial charge in [-0.05, 0) is 38.1 Å². The number of halogens is 3. The van der Waals surface area contributed by atoms with E-state index in [-0.39, 0.29) is 12.1 Å². The summed E-state index contributed by atoms with van der Waals surface area (Å²) < 4.78 is 39.5. The lowest BCUT2D eigenvalue weighted by atomic mass is 9.83. The van der Waals surface area contributed by atoms with Crippen molar-refractivity contribution in [2.24, 2.45) is 5.92 Å². The molecule has 1 fully saturated rings. The van der Waals surface area contributed by atoms with Crippen molar-refractivity contribution in [3.05, 3.63) is 18.0 Å². The Morgan fingerprint density at radius 3 is 2.75 bits per heavy atom. The van der Waals surface area contributed by atoms with E-state index in [1.807, 2.05) is 0 Å². The highest BCUT2D eigenvalue weighted by Gasteiger charge is 2.35. The molecule has 3 atom stereocenters. The molecule has 1 aliphatic carbocycles. The van der Waals surface area contributed by atoms with Gasteiger partial charge in [0, 0.05) is 12.2 Å². The zero-order valence-corrected chi connectivity index (χ0v) is 12.0. The molecule has 1 N–H and O–H groups in total. The molecule has 0 radical (unpaired) electrons. The van der Waals surface area contributed by atoms with Crippen molar-refractivity contribution in [2.75, 3.05) is 6.54 Å². The van der Waals surface area contributed by atoms with Crippen molar-refractivity contribution in [3.8, 4) is 0 Å². The van der Waals surface area contributed by atoms with E-state index < -0.39 is 11.7 Å². The second-order valence-corrected chi connectivity index (χ2v) is 5.75. The predicted octanol–water partition coefficient (Wildman–Crippen LogP) is 3.63. The molecule has 114 valence electrons. The zero-order valence-electron chi connectivity index (χ0n) is 12.0. The second kappa shape index (κ2) is 6.16. The van der Waals surface area contributed by atoms with Crippen LogP contribution in [0.4, 0.5) is 13.2 Å². The van der Waals surface area contributed by atoms with Gasteiger partial charge in [-0.25, -0.2) is 0 Å². The molecular weight excluding hydrogens is 267 g/mol. The van der Waals surface area contributed by atoms with Crippen LogP contribution in [0.5, 0.6) is 0 Å². The largest absolute Gasteiger partial charge is 0.419 e. The molecule has 0 saturated heterocycles. The monoisotopic (exact) mass is 289 g/mol. The predicted molar refractivity (Wildman–Crippen MR) is 71.4 cm³/mol. The molecule has 2 rings (SSSR count). The Kier molecular flexibility index (Phi) is 4.73. The number of hydrogen-bond acceptors (Lipinski definition) is 2. The third kappa shape index (κ3) is 3.53. The van der Waals surface area contributed by atoms with Crippen LogP contribution < -0.4 is 5.32 Å². The third-order valence-electron chi connectivity index (χ3n) is 4.00. The van der Waals surface area contributed by atoms with Gasteiger partial charge in [0.25, 0.3) is 0 Å². The minimum Gasteiger partial charge on any atom is -0.312 e. The Bertz CT molecular complexity index is 426. The summed E-state index contributed by atoms with van der Waals surface area (Å²) in [5.74, 6) is 0.526. The van der Waals surface area contributed by atoms with Crippen LogP contribution in [0.25, 0.3) is 0 Å². The van der Waals surface area contributed by atoms with Gasteiger partial charge in [-0.3, -0.25) is 4.68 Å². The Morgan fingerprint density at radius 1 is 1.40 bits per heavy atom. The van der Waals surface area contributed by atoms with Crippen molar-refractivity contribution in [3.63, 3.8) is 0 Å². The Morgan fingerprint density at radius 2 is 2.15 bits per heavy atom. The van der Waals surface area contributed by atoms with E-state index in [0.29, 0.717) is 5.92 Å². The summed E-state index contributed by atoms with van der Waals surface area (Å²) in [7, 11) is 0. The first-order chi connectivity index (χ1) is 9.41. The van der Waals surface area contributed by atoms with E-state index in [0.717, 1.165) is 44.6 Å². The Labute approximate surface area is 117 Å². The van der Waals surface area contributed by atoms with E-state index in [9.17, 15) is 13.2 Å². The van der Waals surface area contributed by atoms with Crippen LogP contribution in [0.1, 0.15) is 51.1 Å². The van der Waals surface area contributed by atoms with Gasteiger partial charge in [0.1, 0.15) is 0 Å². The number of aromatic nitrogens is 2. The first-order valence-corrected chi connectivity index (χ1v) is 7.26. The molecular formula is C14H22F3N3. The van der Waals surface area contributed by atoms with Gasteiger partial charge in [0.05, 0.1) is 17.8 Å². The van der Waals surface area contributed by atoms with Gasteiger partial charge >= 0.3 is 6.18 Å². The molecule has 20 heavy (non-hydrogen) atoms. The van der Waals surface area contributed by atoms with Crippen molar-refractivity contribution in [1.29, 1.82) is 0 Å². The Balaban J connectivity index is 2.15. The van der Waals surface area contributed by atoms with Crippen LogP contribution in [0.15, 0.2) is 12.4 Å². The summed E-state index contributed by atoms with van der Waals surface area (Å²) in [5, 5.41) is 7.40. The molecule has 1 aromatic rings. The van der Waals surface area contributed by atoms with Crippen molar-refractivity contribution < 1.29 is 13.2 Å². The van der Waals surface area contributed by atoms with Gasteiger partial charge in [0.2, 0.25) is 0 Å². The van der Waals surface area contributed by atoms with Crippen molar-refractivity contribution >= 4 is 0 Å². The van der Waals surface area contributed by atoms with Gasteiger partial charge in [-0.2, -0.15) is 18.3 Å². The average molecular weight is 289 g/mol. The summed E-state index contributed by atoms with van der Waals surface area (Å²) in [6.07, 6.45) is 1.76. The van der Waals surface area contributed by atoms with Gasteiger partial charge < -0.3 is 5.32 Å². The lowest BCUT2D eigenvalue weighted by molar-refractivity contribution is -0.137. The normalized spacial score (nSPS) is 27.8. The van der Waals surface area contributed by atoms with Gasteiger partial charge in [-0.15, -0.1) is 0 Å². The maximum atomic E-state index is 12.7. The van der Waals surface area contributed by atoms with Crippen LogP contribution in [0.2, 0.25) is 0 Å². The van der Waals surface area contributed by atoms with Gasteiger partial charge in [-0.1, -0.05) is 13.8 Å². The molecule has 6 heteroatoms. The number of alkyl halides is 3. The standard InChI is InChI=1S/C14H22F3N3/c1-3-6-18-12-5-4-10(2)7-13(12)20-9-11(8-19-20)14(15,16)17/h8-10,12-13,18H,3-7H2,1-2H3. The molecule has 0 spiro atoms. The smallest absolute Gasteiger partial charge is 0.312 e. The topological polar surface area (TPSA) is 29.9 Å². The lowest BCUT2D eigenvalue weighted by Gasteiger charge is -2.35. The highest BCUT2D eigenvalue weighted by Crippen LogP contribution is 2.34. The summed E-state index contributed by atoms with van der Waals surface area (Å²) >= 11 is 0. The van der Waals surface area contributed by atoms with E-state index in [1.165, 1.54) is 4.68 Å².